The van der Waals surface area contributed by atoms with Crippen LogP contribution < -0.4 is 20.1 Å². The molecule has 1 aromatic heterocycles. The molecule has 2 N–H and O–H groups in total. The maximum atomic E-state index is 11.8. The molecule has 2 aromatic rings. The molecular formula is C20H22N2O7. The molecule has 3 amide bonds. The highest BCUT2D eigenvalue weighted by Gasteiger charge is 2.13. The van der Waals surface area contributed by atoms with Crippen LogP contribution in [0.4, 0.5) is 4.79 Å². The molecule has 9 heteroatoms. The summed E-state index contributed by atoms with van der Waals surface area (Å²) in [6, 6.07) is 7.84. The zero-order valence-electron chi connectivity index (χ0n) is 16.1. The number of hydrogen-bond acceptors (Lipinski definition) is 7. The van der Waals surface area contributed by atoms with Crippen LogP contribution in [0.2, 0.25) is 0 Å². The molecule has 0 atom stereocenters. The fourth-order valence-corrected chi connectivity index (χ4v) is 2.21. The van der Waals surface area contributed by atoms with E-state index < -0.39 is 31.1 Å². The Kier molecular flexibility index (Phi) is 8.30. The zero-order chi connectivity index (χ0) is 21.1. The standard InChI is InChI=1S/C20H22N2O7/c1-3-5-14-7-8-16(17(10-14)26-2)28-13-19(24)29-12-18(23)22-20(25)21-11-15-6-4-9-27-15/h3-10H,11-13H2,1-2H3,(H2,21,22,23,25)/b5-3+. The van der Waals surface area contributed by atoms with Crippen LogP contribution in [-0.4, -0.2) is 38.2 Å². The highest BCUT2D eigenvalue weighted by molar-refractivity contribution is 5.95. The van der Waals surface area contributed by atoms with E-state index in [0.717, 1.165) is 5.56 Å². The number of amides is 3. The molecule has 0 spiro atoms. The average Bonchev–Trinajstić information content (AvgIpc) is 3.23. The second-order valence-corrected chi connectivity index (χ2v) is 5.67. The summed E-state index contributed by atoms with van der Waals surface area (Å²) in [4.78, 5) is 35.0. The topological polar surface area (TPSA) is 116 Å². The third-order valence-electron chi connectivity index (χ3n) is 3.51. The molecule has 1 aromatic carbocycles. The van der Waals surface area contributed by atoms with E-state index in [1.54, 1.807) is 30.3 Å². The van der Waals surface area contributed by atoms with E-state index in [9.17, 15) is 14.4 Å². The molecule has 1 heterocycles. The van der Waals surface area contributed by atoms with Gasteiger partial charge in [0.1, 0.15) is 5.76 Å². The molecule has 154 valence electrons. The first kappa shape index (κ1) is 21.5. The molecule has 0 aliphatic heterocycles. The maximum absolute atomic E-state index is 11.8. The number of benzene rings is 1. The van der Waals surface area contributed by atoms with Crippen LogP contribution in [0.25, 0.3) is 6.08 Å². The van der Waals surface area contributed by atoms with Gasteiger partial charge in [0.2, 0.25) is 0 Å². The summed E-state index contributed by atoms with van der Waals surface area (Å²) in [5.41, 5.74) is 0.918. The van der Waals surface area contributed by atoms with Gasteiger partial charge in [0.25, 0.3) is 5.91 Å². The van der Waals surface area contributed by atoms with Crippen LogP contribution in [0.15, 0.2) is 47.1 Å². The number of imide groups is 1. The summed E-state index contributed by atoms with van der Waals surface area (Å²) in [6.45, 7) is 0.977. The molecule has 0 radical (unpaired) electrons. The summed E-state index contributed by atoms with van der Waals surface area (Å²) < 4.78 is 20.4. The summed E-state index contributed by atoms with van der Waals surface area (Å²) >= 11 is 0. The summed E-state index contributed by atoms with van der Waals surface area (Å²) in [5, 5.41) is 4.46. The van der Waals surface area contributed by atoms with E-state index in [1.807, 2.05) is 24.4 Å². The van der Waals surface area contributed by atoms with Crippen LogP contribution in [0.3, 0.4) is 0 Å². The Hall–Kier alpha value is -3.75. The van der Waals surface area contributed by atoms with Gasteiger partial charge in [-0.3, -0.25) is 10.1 Å². The Labute approximate surface area is 167 Å². The van der Waals surface area contributed by atoms with Crippen molar-refractivity contribution in [2.24, 2.45) is 0 Å². The van der Waals surface area contributed by atoms with Crippen molar-refractivity contribution in [1.29, 1.82) is 0 Å². The van der Waals surface area contributed by atoms with Gasteiger partial charge in [-0.2, -0.15) is 0 Å². The molecule has 0 aliphatic carbocycles. The van der Waals surface area contributed by atoms with Gasteiger partial charge in [-0.1, -0.05) is 18.2 Å². The number of carbonyl (C=O) groups excluding carboxylic acids is 3. The third-order valence-corrected chi connectivity index (χ3v) is 3.51. The molecule has 0 saturated heterocycles. The molecule has 0 unspecified atom stereocenters. The molecule has 0 fully saturated rings. The van der Waals surface area contributed by atoms with Crippen molar-refractivity contribution in [2.75, 3.05) is 20.3 Å². The first-order valence-electron chi connectivity index (χ1n) is 8.71. The second kappa shape index (κ2) is 11.2. The minimum Gasteiger partial charge on any atom is -0.493 e. The minimum absolute atomic E-state index is 0.119. The summed E-state index contributed by atoms with van der Waals surface area (Å²) in [7, 11) is 1.49. The lowest BCUT2D eigenvalue weighted by molar-refractivity contribution is -0.150. The predicted molar refractivity (Wildman–Crippen MR) is 103 cm³/mol. The van der Waals surface area contributed by atoms with Gasteiger partial charge < -0.3 is 23.9 Å². The minimum atomic E-state index is -0.774. The van der Waals surface area contributed by atoms with Crippen LogP contribution in [0.1, 0.15) is 18.2 Å². The lowest BCUT2D eigenvalue weighted by Gasteiger charge is -2.11. The van der Waals surface area contributed by atoms with Crippen molar-refractivity contribution in [3.63, 3.8) is 0 Å². The van der Waals surface area contributed by atoms with Crippen LogP contribution >= 0.6 is 0 Å². The number of ether oxygens (including phenoxy) is 3. The van der Waals surface area contributed by atoms with Crippen LogP contribution in [-0.2, 0) is 20.9 Å². The van der Waals surface area contributed by atoms with Gasteiger partial charge in [-0.25, -0.2) is 9.59 Å². The number of furan rings is 1. The predicted octanol–water partition coefficient (Wildman–Crippen LogP) is 2.27. The first-order chi connectivity index (χ1) is 14.0. The highest BCUT2D eigenvalue weighted by atomic mass is 16.6. The average molecular weight is 402 g/mol. The summed E-state index contributed by atoms with van der Waals surface area (Å²) in [5.74, 6) is -0.191. The molecular weight excluding hydrogens is 380 g/mol. The van der Waals surface area contributed by atoms with E-state index in [0.29, 0.717) is 17.3 Å². The fourth-order valence-electron chi connectivity index (χ4n) is 2.21. The van der Waals surface area contributed by atoms with Gasteiger partial charge in [0.05, 0.1) is 19.9 Å². The SMILES string of the molecule is C/C=C/c1ccc(OCC(=O)OCC(=O)NC(=O)NCc2ccco2)c(OC)c1. The Morgan fingerprint density at radius 2 is 1.97 bits per heavy atom. The normalized spacial score (nSPS) is 10.4. The van der Waals surface area contributed by atoms with E-state index in [-0.39, 0.29) is 6.54 Å². The lowest BCUT2D eigenvalue weighted by atomic mass is 10.2. The number of carbonyl (C=O) groups is 3. The van der Waals surface area contributed by atoms with Crippen molar-refractivity contribution in [2.45, 2.75) is 13.5 Å². The van der Waals surface area contributed by atoms with E-state index in [4.69, 9.17) is 18.6 Å². The number of urea groups is 1. The second-order valence-electron chi connectivity index (χ2n) is 5.67. The quantitative estimate of drug-likeness (QED) is 0.618. The fraction of sp³-hybridized carbons (Fsp3) is 0.250. The number of allylic oxidation sites excluding steroid dienone is 1. The zero-order valence-corrected chi connectivity index (χ0v) is 16.1. The maximum Gasteiger partial charge on any atom is 0.344 e. The molecule has 0 bridgehead atoms. The van der Waals surface area contributed by atoms with Gasteiger partial charge in [0, 0.05) is 0 Å². The molecule has 0 aliphatic rings. The largest absolute Gasteiger partial charge is 0.493 e. The van der Waals surface area contributed by atoms with Crippen LogP contribution in [0.5, 0.6) is 11.5 Å². The number of rotatable bonds is 9. The smallest absolute Gasteiger partial charge is 0.344 e. The van der Waals surface area contributed by atoms with E-state index >= 15 is 0 Å². The van der Waals surface area contributed by atoms with Gasteiger partial charge in [-0.05, 0) is 36.8 Å². The first-order valence-corrected chi connectivity index (χ1v) is 8.71. The molecule has 2 rings (SSSR count). The number of methoxy groups -OCH3 is 1. The van der Waals surface area contributed by atoms with Crippen molar-refractivity contribution >= 4 is 24.0 Å². The Bertz CT molecular complexity index is 860. The third kappa shape index (κ3) is 7.41. The number of esters is 1. The molecule has 29 heavy (non-hydrogen) atoms. The van der Waals surface area contributed by atoms with Crippen molar-refractivity contribution < 1.29 is 33.0 Å². The lowest BCUT2D eigenvalue weighted by Crippen LogP contribution is -2.41. The van der Waals surface area contributed by atoms with E-state index in [1.165, 1.54) is 13.4 Å². The van der Waals surface area contributed by atoms with Gasteiger partial charge in [-0.15, -0.1) is 0 Å². The Morgan fingerprint density at radius 3 is 2.66 bits per heavy atom. The highest BCUT2D eigenvalue weighted by Crippen LogP contribution is 2.28. The van der Waals surface area contributed by atoms with Gasteiger partial charge >= 0.3 is 12.0 Å². The van der Waals surface area contributed by atoms with Crippen LogP contribution in [0, 0.1) is 0 Å². The van der Waals surface area contributed by atoms with Crippen molar-refractivity contribution in [3.8, 4) is 11.5 Å². The van der Waals surface area contributed by atoms with Gasteiger partial charge in [0.15, 0.2) is 24.7 Å². The Morgan fingerprint density at radius 1 is 1.14 bits per heavy atom. The van der Waals surface area contributed by atoms with E-state index in [2.05, 4.69) is 5.32 Å². The molecule has 9 nitrogen and oxygen atoms in total. The monoisotopic (exact) mass is 402 g/mol. The molecule has 0 saturated carbocycles. The summed E-state index contributed by atoms with van der Waals surface area (Å²) in [6.07, 6.45) is 5.24. The number of nitrogens with one attached hydrogen (secondary N) is 2. The number of hydrogen-bond donors (Lipinski definition) is 2. The Balaban J connectivity index is 1.71. The van der Waals surface area contributed by atoms with Crippen molar-refractivity contribution in [1.82, 2.24) is 10.6 Å². The van der Waals surface area contributed by atoms with Crippen molar-refractivity contribution in [3.05, 3.63) is 54.0 Å².